The molecule has 23 heavy (non-hydrogen) atoms. The minimum Gasteiger partial charge on any atom is -0.444 e. The topological polar surface area (TPSA) is 75.3 Å². The number of hydrogen-bond acceptors (Lipinski definition) is 6. The molecule has 0 aromatic carbocycles. The highest BCUT2D eigenvalue weighted by atomic mass is 16.8. The van der Waals surface area contributed by atoms with E-state index in [0.717, 1.165) is 0 Å². The second-order valence-corrected chi connectivity index (χ2v) is 7.24. The molecule has 7 heteroatoms. The monoisotopic (exact) mass is 329 g/mol. The largest absolute Gasteiger partial charge is 0.444 e. The lowest BCUT2D eigenvalue weighted by Crippen LogP contribution is -2.40. The molecule has 0 radical (unpaired) electrons. The number of amides is 1. The van der Waals surface area contributed by atoms with Gasteiger partial charge in [0.05, 0.1) is 0 Å². The van der Waals surface area contributed by atoms with Gasteiger partial charge in [-0.1, -0.05) is 6.58 Å². The highest BCUT2D eigenvalue weighted by molar-refractivity contribution is 5.68. The normalized spacial score (nSPS) is 32.4. The van der Waals surface area contributed by atoms with E-state index in [1.807, 2.05) is 13.8 Å². The molecule has 7 nitrogen and oxygen atoms in total. The van der Waals surface area contributed by atoms with Crippen molar-refractivity contribution in [1.29, 1.82) is 0 Å². The number of alkyl carbamates (subject to hydrolysis) is 1. The van der Waals surface area contributed by atoms with Gasteiger partial charge in [-0.05, 0) is 40.2 Å². The van der Waals surface area contributed by atoms with Gasteiger partial charge >= 0.3 is 6.09 Å². The molecular weight excluding hydrogens is 302 g/mol. The van der Waals surface area contributed by atoms with Crippen molar-refractivity contribution in [2.75, 3.05) is 13.7 Å². The SMILES string of the molecule is C=C(CNC(=O)OC(C)(C)C)[C@H]1O[C@@H]2OC(C)(C)O[C@@H]2[C@H]1OC. The van der Waals surface area contributed by atoms with E-state index in [9.17, 15) is 4.79 Å². The predicted molar refractivity (Wildman–Crippen MR) is 82.9 cm³/mol. The van der Waals surface area contributed by atoms with E-state index >= 15 is 0 Å². The fourth-order valence-corrected chi connectivity index (χ4v) is 2.67. The third kappa shape index (κ3) is 4.44. The molecule has 0 aromatic rings. The Morgan fingerprint density at radius 3 is 2.52 bits per heavy atom. The molecule has 0 saturated carbocycles. The van der Waals surface area contributed by atoms with Crippen molar-refractivity contribution in [1.82, 2.24) is 5.32 Å². The van der Waals surface area contributed by atoms with Crippen molar-refractivity contribution in [3.8, 4) is 0 Å². The smallest absolute Gasteiger partial charge is 0.407 e. The van der Waals surface area contributed by atoms with E-state index in [4.69, 9.17) is 23.7 Å². The van der Waals surface area contributed by atoms with Crippen molar-refractivity contribution < 1.29 is 28.5 Å². The Morgan fingerprint density at radius 2 is 1.96 bits per heavy atom. The zero-order chi connectivity index (χ0) is 17.4. The lowest BCUT2D eigenvalue weighted by molar-refractivity contribution is -0.212. The zero-order valence-electron chi connectivity index (χ0n) is 14.7. The standard InChI is InChI=1S/C16H27NO6/c1-9(8-17-14(18)23-15(2,3)4)10-11(19-7)12-13(20-10)22-16(5,6)21-12/h10-13H,1,8H2,2-7H3,(H,17,18)/t10-,11+,12-,13-/m1/s1. The van der Waals surface area contributed by atoms with E-state index in [-0.39, 0.29) is 18.8 Å². The lowest BCUT2D eigenvalue weighted by Gasteiger charge is -2.26. The van der Waals surface area contributed by atoms with Crippen molar-refractivity contribution >= 4 is 6.09 Å². The number of methoxy groups -OCH3 is 1. The van der Waals surface area contributed by atoms with Crippen LogP contribution in [0.1, 0.15) is 34.6 Å². The molecule has 0 unspecified atom stereocenters. The zero-order valence-corrected chi connectivity index (χ0v) is 14.7. The molecule has 0 aliphatic carbocycles. The van der Waals surface area contributed by atoms with Crippen LogP contribution in [0.2, 0.25) is 0 Å². The van der Waals surface area contributed by atoms with Gasteiger partial charge < -0.3 is 29.0 Å². The van der Waals surface area contributed by atoms with Gasteiger partial charge in [0.1, 0.15) is 23.9 Å². The van der Waals surface area contributed by atoms with Crippen LogP contribution >= 0.6 is 0 Å². The summed E-state index contributed by atoms with van der Waals surface area (Å²) in [5.41, 5.74) is 0.122. The Bertz CT molecular complexity index is 470. The molecule has 2 heterocycles. The quantitative estimate of drug-likeness (QED) is 0.795. The fraction of sp³-hybridized carbons (Fsp3) is 0.812. The maximum Gasteiger partial charge on any atom is 0.407 e. The Kier molecular flexibility index (Phi) is 5.06. The Labute approximate surface area is 137 Å². The Morgan fingerprint density at radius 1 is 1.30 bits per heavy atom. The number of ether oxygens (including phenoxy) is 5. The molecule has 0 aromatic heterocycles. The Balaban J connectivity index is 1.90. The second-order valence-electron chi connectivity index (χ2n) is 7.24. The van der Waals surface area contributed by atoms with Crippen LogP contribution < -0.4 is 5.32 Å². The van der Waals surface area contributed by atoms with E-state index in [2.05, 4.69) is 11.9 Å². The number of rotatable bonds is 4. The third-order valence-corrected chi connectivity index (χ3v) is 3.52. The number of carbonyl (C=O) groups excluding carboxylic acids is 1. The first-order chi connectivity index (χ1) is 10.5. The van der Waals surface area contributed by atoms with Crippen LogP contribution in [-0.2, 0) is 23.7 Å². The number of carbonyl (C=O) groups is 1. The van der Waals surface area contributed by atoms with E-state index in [1.165, 1.54) is 0 Å². The van der Waals surface area contributed by atoms with Crippen molar-refractivity contribution in [2.45, 2.75) is 70.6 Å². The number of hydrogen-bond donors (Lipinski definition) is 1. The highest BCUT2D eigenvalue weighted by Crippen LogP contribution is 2.40. The van der Waals surface area contributed by atoms with Crippen LogP contribution in [0.25, 0.3) is 0 Å². The van der Waals surface area contributed by atoms with Gasteiger partial charge in [0.2, 0.25) is 0 Å². The van der Waals surface area contributed by atoms with Gasteiger partial charge in [0.15, 0.2) is 12.1 Å². The molecule has 132 valence electrons. The maximum absolute atomic E-state index is 11.7. The molecular formula is C16H27NO6. The van der Waals surface area contributed by atoms with Crippen molar-refractivity contribution in [3.63, 3.8) is 0 Å². The molecule has 0 spiro atoms. The van der Waals surface area contributed by atoms with Crippen LogP contribution in [0.15, 0.2) is 12.2 Å². The molecule has 1 amide bonds. The van der Waals surface area contributed by atoms with E-state index in [1.54, 1.807) is 27.9 Å². The summed E-state index contributed by atoms with van der Waals surface area (Å²) in [7, 11) is 1.59. The fourth-order valence-electron chi connectivity index (χ4n) is 2.67. The van der Waals surface area contributed by atoms with Crippen LogP contribution in [-0.4, -0.2) is 55.7 Å². The van der Waals surface area contributed by atoms with Gasteiger partial charge in [0.25, 0.3) is 0 Å². The third-order valence-electron chi connectivity index (χ3n) is 3.52. The maximum atomic E-state index is 11.7. The van der Waals surface area contributed by atoms with Crippen LogP contribution in [0.3, 0.4) is 0 Å². The lowest BCUT2D eigenvalue weighted by atomic mass is 10.0. The Hall–Kier alpha value is -1.15. The summed E-state index contributed by atoms with van der Waals surface area (Å²) in [6, 6.07) is 0. The summed E-state index contributed by atoms with van der Waals surface area (Å²) in [6.45, 7) is 13.3. The van der Waals surface area contributed by atoms with Gasteiger partial charge in [-0.15, -0.1) is 0 Å². The van der Waals surface area contributed by atoms with Crippen molar-refractivity contribution in [2.24, 2.45) is 0 Å². The summed E-state index contributed by atoms with van der Waals surface area (Å²) in [5, 5.41) is 2.66. The molecule has 2 rings (SSSR count). The molecule has 2 aliphatic rings. The molecule has 2 aliphatic heterocycles. The minimum absolute atomic E-state index is 0.224. The van der Waals surface area contributed by atoms with Crippen LogP contribution in [0.4, 0.5) is 4.79 Å². The average molecular weight is 329 g/mol. The second kappa shape index (κ2) is 6.39. The van der Waals surface area contributed by atoms with Gasteiger partial charge in [-0.3, -0.25) is 0 Å². The molecule has 2 fully saturated rings. The number of nitrogens with one attached hydrogen (secondary N) is 1. The first-order valence-electron chi connectivity index (χ1n) is 7.71. The molecule has 1 N–H and O–H groups in total. The van der Waals surface area contributed by atoms with Gasteiger partial charge in [-0.25, -0.2) is 4.79 Å². The predicted octanol–water partition coefficient (Wildman–Crippen LogP) is 1.96. The first kappa shape index (κ1) is 18.2. The summed E-state index contributed by atoms with van der Waals surface area (Å²) >= 11 is 0. The van der Waals surface area contributed by atoms with Crippen LogP contribution in [0, 0.1) is 0 Å². The highest BCUT2D eigenvalue weighted by Gasteiger charge is 2.55. The average Bonchev–Trinajstić information content (AvgIpc) is 2.85. The summed E-state index contributed by atoms with van der Waals surface area (Å²) in [5.74, 6) is -0.701. The van der Waals surface area contributed by atoms with Gasteiger partial charge in [0, 0.05) is 13.7 Å². The molecule has 2 saturated heterocycles. The number of fused-ring (bicyclic) bond motifs is 1. The summed E-state index contributed by atoms with van der Waals surface area (Å²) < 4.78 is 28.1. The van der Waals surface area contributed by atoms with Crippen LogP contribution in [0.5, 0.6) is 0 Å². The van der Waals surface area contributed by atoms with Crippen molar-refractivity contribution in [3.05, 3.63) is 12.2 Å². The van der Waals surface area contributed by atoms with Gasteiger partial charge in [-0.2, -0.15) is 0 Å². The summed E-state index contributed by atoms with van der Waals surface area (Å²) in [6.07, 6.45) is -2.08. The van der Waals surface area contributed by atoms with E-state index in [0.29, 0.717) is 5.57 Å². The van der Waals surface area contributed by atoms with E-state index < -0.39 is 29.9 Å². The molecule has 4 atom stereocenters. The summed E-state index contributed by atoms with van der Waals surface area (Å²) in [4.78, 5) is 11.7. The first-order valence-corrected chi connectivity index (χ1v) is 7.71. The molecule has 0 bridgehead atoms. The minimum atomic E-state index is -0.701.